The van der Waals surface area contributed by atoms with Crippen LogP contribution >= 0.6 is 0 Å². The maximum Gasteiger partial charge on any atom is 0.161 e. The first-order valence-corrected chi connectivity index (χ1v) is 9.91. The van der Waals surface area contributed by atoms with Gasteiger partial charge in [0.15, 0.2) is 5.78 Å². The second-order valence-corrected chi connectivity index (χ2v) is 9.82. The fourth-order valence-corrected chi connectivity index (χ4v) is 7.02. The van der Waals surface area contributed by atoms with Gasteiger partial charge in [0.1, 0.15) is 17.2 Å². The van der Waals surface area contributed by atoms with E-state index in [1.165, 1.54) is 6.92 Å². The molecule has 0 aliphatic heterocycles. The molecule has 4 heteroatoms. The van der Waals surface area contributed by atoms with Crippen LogP contribution < -0.4 is 0 Å². The van der Waals surface area contributed by atoms with E-state index in [0.29, 0.717) is 37.4 Å². The minimum Gasteiger partial charge on any atom is -0.382 e. The van der Waals surface area contributed by atoms with Crippen molar-refractivity contribution in [2.24, 2.45) is 34.5 Å². The highest BCUT2D eigenvalue weighted by Crippen LogP contribution is 2.65. The molecular weight excluding hydrogens is 316 g/mol. The molecule has 4 rings (SSSR count). The van der Waals surface area contributed by atoms with Gasteiger partial charge in [-0.1, -0.05) is 13.8 Å². The molecule has 0 aromatic rings. The molecule has 4 saturated carbocycles. The zero-order valence-electron chi connectivity index (χ0n) is 15.6. The van der Waals surface area contributed by atoms with Gasteiger partial charge < -0.3 is 5.11 Å². The van der Waals surface area contributed by atoms with Crippen molar-refractivity contribution >= 4 is 17.3 Å². The molecule has 25 heavy (non-hydrogen) atoms. The third kappa shape index (κ3) is 2.19. The number of rotatable bonds is 1. The maximum absolute atomic E-state index is 13.1. The lowest BCUT2D eigenvalue weighted by Gasteiger charge is -2.60. The molecule has 4 nitrogen and oxygen atoms in total. The van der Waals surface area contributed by atoms with Crippen molar-refractivity contribution in [2.45, 2.75) is 77.7 Å². The van der Waals surface area contributed by atoms with Crippen molar-refractivity contribution in [3.63, 3.8) is 0 Å². The Bertz CT molecular complexity index is 654. The Morgan fingerprint density at radius 3 is 2.48 bits per heavy atom. The third-order valence-corrected chi connectivity index (χ3v) is 8.90. The smallest absolute Gasteiger partial charge is 0.161 e. The lowest BCUT2D eigenvalue weighted by molar-refractivity contribution is -0.172. The van der Waals surface area contributed by atoms with Crippen molar-refractivity contribution in [3.05, 3.63) is 0 Å². The highest BCUT2D eigenvalue weighted by molar-refractivity contribution is 5.91. The minimum absolute atomic E-state index is 0.00717. The van der Waals surface area contributed by atoms with Gasteiger partial charge in [0.25, 0.3) is 0 Å². The number of ketones is 3. The van der Waals surface area contributed by atoms with Crippen LogP contribution in [0.4, 0.5) is 0 Å². The van der Waals surface area contributed by atoms with E-state index < -0.39 is 5.60 Å². The van der Waals surface area contributed by atoms with Crippen LogP contribution in [-0.4, -0.2) is 28.1 Å². The van der Waals surface area contributed by atoms with E-state index in [-0.39, 0.29) is 40.2 Å². The first kappa shape index (κ1) is 17.4. The fraction of sp³-hybridized carbons (Fsp3) is 0.857. The van der Waals surface area contributed by atoms with Crippen molar-refractivity contribution < 1.29 is 19.5 Å². The molecule has 0 amide bonds. The minimum atomic E-state index is -1.25. The Labute approximate surface area is 149 Å². The Balaban J connectivity index is 1.67. The molecule has 4 aliphatic carbocycles. The summed E-state index contributed by atoms with van der Waals surface area (Å²) in [6.45, 7) is 5.83. The van der Waals surface area contributed by atoms with E-state index in [0.717, 1.165) is 25.7 Å². The monoisotopic (exact) mass is 346 g/mol. The largest absolute Gasteiger partial charge is 0.382 e. The molecule has 4 aliphatic rings. The predicted octanol–water partition coefficient (Wildman–Crippen LogP) is 3.10. The van der Waals surface area contributed by atoms with Gasteiger partial charge >= 0.3 is 0 Å². The average Bonchev–Trinajstić information content (AvgIpc) is 2.85. The normalized spacial score (nSPS) is 52.3. The molecular formula is C21H30O4. The number of carbonyl (C=O) groups excluding carboxylic acids is 3. The van der Waals surface area contributed by atoms with Crippen molar-refractivity contribution in [1.29, 1.82) is 0 Å². The Hall–Kier alpha value is -1.03. The van der Waals surface area contributed by atoms with E-state index >= 15 is 0 Å². The fourth-order valence-electron chi connectivity index (χ4n) is 7.02. The number of hydrogen-bond donors (Lipinski definition) is 1. The van der Waals surface area contributed by atoms with Crippen molar-refractivity contribution in [2.75, 3.05) is 0 Å². The number of carbonyl (C=O) groups is 3. The molecule has 1 N–H and O–H groups in total. The zero-order chi connectivity index (χ0) is 18.2. The predicted molar refractivity (Wildman–Crippen MR) is 92.8 cm³/mol. The summed E-state index contributed by atoms with van der Waals surface area (Å²) in [7, 11) is 0. The highest BCUT2D eigenvalue weighted by Gasteiger charge is 2.64. The van der Waals surface area contributed by atoms with Gasteiger partial charge in [-0.2, -0.15) is 0 Å². The molecule has 0 unspecified atom stereocenters. The molecule has 0 radical (unpaired) electrons. The molecule has 138 valence electrons. The van der Waals surface area contributed by atoms with Gasteiger partial charge in [-0.15, -0.1) is 0 Å². The molecule has 0 spiro atoms. The standard InChI is InChI=1S/C21H30O4/c1-12(22)21(25)9-8-19(2)13(11-21)10-16(23)18-14-4-5-17(24)20(14,3)7-6-15(18)19/h13-15,18,25H,4-11H2,1-3H3/t13-,14-,15-,18-,19-,20-,21+/m0/s1. The molecule has 0 aromatic carbocycles. The molecule has 0 saturated heterocycles. The number of Topliss-reactive ketones (excluding diaryl/α,β-unsaturated/α-hetero) is 3. The van der Waals surface area contributed by atoms with Gasteiger partial charge in [-0.3, -0.25) is 14.4 Å². The highest BCUT2D eigenvalue weighted by atomic mass is 16.3. The number of fused-ring (bicyclic) bond motifs is 5. The second kappa shape index (κ2) is 5.25. The quantitative estimate of drug-likeness (QED) is 0.792. The van der Waals surface area contributed by atoms with Gasteiger partial charge in [-0.05, 0) is 68.6 Å². The first-order chi connectivity index (χ1) is 11.6. The van der Waals surface area contributed by atoms with Crippen LogP contribution in [0.3, 0.4) is 0 Å². The zero-order valence-corrected chi connectivity index (χ0v) is 15.6. The van der Waals surface area contributed by atoms with Gasteiger partial charge in [0, 0.05) is 24.2 Å². The maximum atomic E-state index is 13.1. The van der Waals surface area contributed by atoms with Crippen LogP contribution in [0.25, 0.3) is 0 Å². The summed E-state index contributed by atoms with van der Waals surface area (Å²) in [5.74, 6) is 1.08. The van der Waals surface area contributed by atoms with Gasteiger partial charge in [0.2, 0.25) is 0 Å². The summed E-state index contributed by atoms with van der Waals surface area (Å²) in [5, 5.41) is 10.7. The van der Waals surface area contributed by atoms with Gasteiger partial charge in [-0.25, -0.2) is 0 Å². The van der Waals surface area contributed by atoms with Crippen LogP contribution in [0.1, 0.15) is 72.1 Å². The van der Waals surface area contributed by atoms with Crippen LogP contribution in [0, 0.1) is 34.5 Å². The SMILES string of the molecule is CC(=O)[C@@]1(O)CC[C@@]2(C)[C@@H](CC(=O)[C@@H]3[C@@H]2CC[C@]2(C)C(=O)CC[C@@H]32)C1. The lowest BCUT2D eigenvalue weighted by atomic mass is 9.44. The van der Waals surface area contributed by atoms with Crippen LogP contribution in [0.15, 0.2) is 0 Å². The first-order valence-electron chi connectivity index (χ1n) is 9.91. The van der Waals surface area contributed by atoms with Crippen molar-refractivity contribution in [3.8, 4) is 0 Å². The Kier molecular flexibility index (Phi) is 3.65. The molecule has 7 atom stereocenters. The van der Waals surface area contributed by atoms with E-state index in [9.17, 15) is 19.5 Å². The summed E-state index contributed by atoms with van der Waals surface area (Å²) < 4.78 is 0. The molecule has 0 bridgehead atoms. The van der Waals surface area contributed by atoms with Crippen LogP contribution in [-0.2, 0) is 14.4 Å². The second-order valence-electron chi connectivity index (χ2n) is 9.82. The average molecular weight is 346 g/mol. The van der Waals surface area contributed by atoms with Crippen LogP contribution in [0.5, 0.6) is 0 Å². The van der Waals surface area contributed by atoms with E-state index in [1.807, 2.05) is 0 Å². The Morgan fingerprint density at radius 1 is 1.08 bits per heavy atom. The molecule has 4 fully saturated rings. The van der Waals surface area contributed by atoms with E-state index in [2.05, 4.69) is 13.8 Å². The summed E-state index contributed by atoms with van der Waals surface area (Å²) in [6.07, 6.45) is 5.52. The van der Waals surface area contributed by atoms with E-state index in [4.69, 9.17) is 0 Å². The van der Waals surface area contributed by atoms with Gasteiger partial charge in [0.05, 0.1) is 0 Å². The number of aliphatic hydroxyl groups is 1. The third-order valence-electron chi connectivity index (χ3n) is 8.90. The number of hydrogen-bond acceptors (Lipinski definition) is 4. The van der Waals surface area contributed by atoms with E-state index in [1.54, 1.807) is 0 Å². The topological polar surface area (TPSA) is 71.4 Å². The summed E-state index contributed by atoms with van der Waals surface area (Å²) in [4.78, 5) is 37.5. The molecule has 0 heterocycles. The summed E-state index contributed by atoms with van der Waals surface area (Å²) >= 11 is 0. The molecule has 0 aromatic heterocycles. The lowest BCUT2D eigenvalue weighted by Crippen LogP contribution is -2.59. The summed E-state index contributed by atoms with van der Waals surface area (Å²) in [6, 6.07) is 0. The van der Waals surface area contributed by atoms with Crippen molar-refractivity contribution in [1.82, 2.24) is 0 Å². The summed E-state index contributed by atoms with van der Waals surface area (Å²) in [5.41, 5.74) is -1.54. The Morgan fingerprint density at radius 2 is 1.80 bits per heavy atom. The van der Waals surface area contributed by atoms with Crippen LogP contribution in [0.2, 0.25) is 0 Å².